The van der Waals surface area contributed by atoms with Crippen LogP contribution in [-0.2, 0) is 0 Å². The van der Waals surface area contributed by atoms with E-state index in [9.17, 15) is 20.4 Å². The van der Waals surface area contributed by atoms with Crippen LogP contribution in [0, 0.1) is 22.7 Å². The number of aliphatic hydroxyl groups excluding tert-OH is 4. The molecule has 1 saturated carbocycles. The molecule has 2 aliphatic carbocycles. The van der Waals surface area contributed by atoms with Gasteiger partial charge in [0.05, 0.1) is 0 Å². The number of aliphatic hydroxyl groups is 4. The normalized spacial score (nSPS) is 24.7. The molecule has 0 heterocycles. The summed E-state index contributed by atoms with van der Waals surface area (Å²) in [7, 11) is 0. The highest BCUT2D eigenvalue weighted by molar-refractivity contribution is 5.24. The van der Waals surface area contributed by atoms with Gasteiger partial charge in [0.1, 0.15) is 0 Å². The van der Waals surface area contributed by atoms with Gasteiger partial charge in [0.2, 0.25) is 0 Å². The summed E-state index contributed by atoms with van der Waals surface area (Å²) in [5, 5.41) is 37.4. The van der Waals surface area contributed by atoms with Crippen molar-refractivity contribution in [3.05, 3.63) is 12.2 Å². The Morgan fingerprint density at radius 2 is 0.815 bits per heavy atom. The minimum absolute atomic E-state index is 0.252. The monoisotopic (exact) mass is 382 g/mol. The minimum Gasteiger partial charge on any atom is -0.396 e. The fraction of sp³-hybridized carbons (Fsp3) is 0.913. The Bertz CT molecular complexity index is 376. The van der Waals surface area contributed by atoms with Crippen molar-refractivity contribution in [2.75, 3.05) is 26.4 Å². The first-order valence-corrected chi connectivity index (χ1v) is 11.3. The minimum atomic E-state index is 0.252. The average Bonchev–Trinajstić information content (AvgIpc) is 3.24. The van der Waals surface area contributed by atoms with Crippen molar-refractivity contribution in [2.45, 2.75) is 83.5 Å². The van der Waals surface area contributed by atoms with Gasteiger partial charge in [0, 0.05) is 26.4 Å². The number of rotatable bonds is 16. The predicted molar refractivity (Wildman–Crippen MR) is 109 cm³/mol. The van der Waals surface area contributed by atoms with Gasteiger partial charge in [-0.3, -0.25) is 0 Å². The van der Waals surface area contributed by atoms with Crippen LogP contribution in [0.3, 0.4) is 0 Å². The molecule has 0 radical (unpaired) electrons. The lowest BCUT2D eigenvalue weighted by molar-refractivity contribution is -0.0251. The molecular formula is C23H42O4. The maximum Gasteiger partial charge on any atom is 0.0431 e. The fourth-order valence-corrected chi connectivity index (χ4v) is 6.45. The molecule has 2 aliphatic rings. The highest BCUT2D eigenvalue weighted by atomic mass is 16.3. The van der Waals surface area contributed by atoms with Crippen LogP contribution in [0.4, 0.5) is 0 Å². The van der Waals surface area contributed by atoms with Crippen molar-refractivity contribution in [3.63, 3.8) is 0 Å². The van der Waals surface area contributed by atoms with Crippen LogP contribution >= 0.6 is 0 Å². The summed E-state index contributed by atoms with van der Waals surface area (Å²) < 4.78 is 0. The Kier molecular flexibility index (Phi) is 9.78. The quantitative estimate of drug-likeness (QED) is 0.242. The molecular weight excluding hydrogens is 340 g/mol. The van der Waals surface area contributed by atoms with Gasteiger partial charge in [-0.1, -0.05) is 37.8 Å². The second-order valence-corrected chi connectivity index (χ2v) is 8.87. The Morgan fingerprint density at radius 1 is 0.519 bits per heavy atom. The largest absolute Gasteiger partial charge is 0.396 e. The van der Waals surface area contributed by atoms with Crippen LogP contribution < -0.4 is 0 Å². The zero-order valence-corrected chi connectivity index (χ0v) is 17.1. The molecule has 2 unspecified atom stereocenters. The van der Waals surface area contributed by atoms with Crippen LogP contribution in [0.25, 0.3) is 0 Å². The van der Waals surface area contributed by atoms with Crippen LogP contribution in [-0.4, -0.2) is 46.9 Å². The summed E-state index contributed by atoms with van der Waals surface area (Å²) in [6, 6.07) is 0. The van der Waals surface area contributed by atoms with Gasteiger partial charge in [-0.15, -0.1) is 0 Å². The highest BCUT2D eigenvalue weighted by Crippen LogP contribution is 2.71. The number of allylic oxidation sites excluding steroid dienone is 2. The molecule has 0 aromatic rings. The molecule has 27 heavy (non-hydrogen) atoms. The molecule has 0 aliphatic heterocycles. The van der Waals surface area contributed by atoms with E-state index in [2.05, 4.69) is 12.2 Å². The third kappa shape index (κ3) is 4.95. The smallest absolute Gasteiger partial charge is 0.0431 e. The lowest BCUT2D eigenvalue weighted by atomic mass is 9.51. The number of fused-ring (bicyclic) bond motifs is 2. The van der Waals surface area contributed by atoms with Crippen molar-refractivity contribution in [1.82, 2.24) is 0 Å². The van der Waals surface area contributed by atoms with Crippen molar-refractivity contribution in [3.8, 4) is 0 Å². The van der Waals surface area contributed by atoms with E-state index in [1.165, 1.54) is 6.42 Å². The highest BCUT2D eigenvalue weighted by Gasteiger charge is 2.63. The summed E-state index contributed by atoms with van der Waals surface area (Å²) in [6.45, 7) is 1.05. The third-order valence-corrected chi connectivity index (χ3v) is 7.62. The molecule has 0 spiro atoms. The van der Waals surface area contributed by atoms with Gasteiger partial charge in [-0.05, 0) is 80.5 Å². The Balaban J connectivity index is 2.30. The zero-order valence-electron chi connectivity index (χ0n) is 17.1. The molecule has 0 aromatic carbocycles. The van der Waals surface area contributed by atoms with Gasteiger partial charge < -0.3 is 20.4 Å². The van der Waals surface area contributed by atoms with E-state index in [4.69, 9.17) is 0 Å². The maximum absolute atomic E-state index is 9.34. The molecule has 4 heteroatoms. The molecule has 0 aromatic heterocycles. The molecule has 4 N–H and O–H groups in total. The van der Waals surface area contributed by atoms with Gasteiger partial charge in [-0.2, -0.15) is 0 Å². The molecule has 158 valence electrons. The predicted octanol–water partition coefficient (Wildman–Crippen LogP) is 3.82. The SMILES string of the molecule is OCCCCC1(CCCCO)C2C=CC(C2)C1(CCCCO)CCCCO. The Labute approximate surface area is 165 Å². The third-order valence-electron chi connectivity index (χ3n) is 7.62. The second kappa shape index (κ2) is 11.5. The van der Waals surface area contributed by atoms with E-state index in [1.54, 1.807) is 0 Å². The molecule has 2 rings (SSSR count). The molecule has 4 nitrogen and oxygen atoms in total. The summed E-state index contributed by atoms with van der Waals surface area (Å²) >= 11 is 0. The topological polar surface area (TPSA) is 80.9 Å². The van der Waals surface area contributed by atoms with E-state index >= 15 is 0 Å². The summed E-state index contributed by atoms with van der Waals surface area (Å²) in [4.78, 5) is 0. The van der Waals surface area contributed by atoms with E-state index in [1.807, 2.05) is 0 Å². The molecule has 0 saturated heterocycles. The first-order valence-electron chi connectivity index (χ1n) is 11.3. The van der Waals surface area contributed by atoms with E-state index < -0.39 is 0 Å². The van der Waals surface area contributed by atoms with Crippen LogP contribution in [0.5, 0.6) is 0 Å². The van der Waals surface area contributed by atoms with E-state index in [0.717, 1.165) is 77.0 Å². The molecule has 0 amide bonds. The van der Waals surface area contributed by atoms with Gasteiger partial charge in [-0.25, -0.2) is 0 Å². The van der Waals surface area contributed by atoms with Gasteiger partial charge in [0.25, 0.3) is 0 Å². The maximum atomic E-state index is 9.34. The molecule has 2 bridgehead atoms. The Hall–Kier alpha value is -0.420. The lowest BCUT2D eigenvalue weighted by Gasteiger charge is -2.54. The van der Waals surface area contributed by atoms with Gasteiger partial charge in [0.15, 0.2) is 0 Å². The van der Waals surface area contributed by atoms with Crippen LogP contribution in [0.15, 0.2) is 12.2 Å². The Morgan fingerprint density at radius 3 is 1.07 bits per heavy atom. The number of hydrogen-bond donors (Lipinski definition) is 4. The fourth-order valence-electron chi connectivity index (χ4n) is 6.45. The molecule has 1 fully saturated rings. The number of hydrogen-bond acceptors (Lipinski definition) is 4. The van der Waals surface area contributed by atoms with Crippen LogP contribution in [0.2, 0.25) is 0 Å². The number of unbranched alkanes of at least 4 members (excludes halogenated alkanes) is 4. The van der Waals surface area contributed by atoms with E-state index in [0.29, 0.717) is 11.8 Å². The van der Waals surface area contributed by atoms with Crippen molar-refractivity contribution < 1.29 is 20.4 Å². The summed E-state index contributed by atoms with van der Waals surface area (Å²) in [5.74, 6) is 1.23. The zero-order chi connectivity index (χ0) is 19.6. The van der Waals surface area contributed by atoms with Crippen molar-refractivity contribution >= 4 is 0 Å². The summed E-state index contributed by atoms with van der Waals surface area (Å²) in [6.07, 6.45) is 18.5. The van der Waals surface area contributed by atoms with Crippen LogP contribution in [0.1, 0.15) is 83.5 Å². The lowest BCUT2D eigenvalue weighted by Crippen LogP contribution is -2.46. The average molecular weight is 383 g/mol. The standard InChI is InChI=1S/C23H42O4/c24-15-5-1-11-22(12-2-6-16-25)20-9-10-21(19-20)23(22,13-3-7-17-26)14-4-8-18-27/h9-10,20-21,24-27H,1-8,11-19H2. The first kappa shape index (κ1) is 22.9. The molecule has 2 atom stereocenters. The van der Waals surface area contributed by atoms with Crippen molar-refractivity contribution in [2.24, 2.45) is 22.7 Å². The first-order chi connectivity index (χ1) is 13.2. The second-order valence-electron chi connectivity index (χ2n) is 8.87. The summed E-state index contributed by atoms with van der Waals surface area (Å²) in [5.41, 5.74) is 0.503. The van der Waals surface area contributed by atoms with E-state index in [-0.39, 0.29) is 37.3 Å². The van der Waals surface area contributed by atoms with Crippen molar-refractivity contribution in [1.29, 1.82) is 0 Å². The van der Waals surface area contributed by atoms with Gasteiger partial charge >= 0.3 is 0 Å².